The first-order valence-electron chi connectivity index (χ1n) is 11.5. The van der Waals surface area contributed by atoms with E-state index in [0.717, 1.165) is 6.42 Å². The maximum Gasteiger partial charge on any atom is 0.269 e. The monoisotopic (exact) mass is 469 g/mol. The van der Waals surface area contributed by atoms with Crippen LogP contribution < -0.4 is 25.6 Å². The molecular formula is C26H35N3O5. The molecule has 1 atom stereocenters. The molecule has 0 aliphatic rings. The summed E-state index contributed by atoms with van der Waals surface area (Å²) in [5.41, 5.74) is 5.71. The lowest BCUT2D eigenvalue weighted by Crippen LogP contribution is -2.48. The van der Waals surface area contributed by atoms with Crippen LogP contribution in [0, 0.1) is 11.8 Å². The molecule has 0 bridgehead atoms. The summed E-state index contributed by atoms with van der Waals surface area (Å²) in [5.74, 6) is 0.286. The van der Waals surface area contributed by atoms with Crippen molar-refractivity contribution in [3.8, 4) is 11.5 Å². The first-order chi connectivity index (χ1) is 16.2. The summed E-state index contributed by atoms with van der Waals surface area (Å²) in [7, 11) is 1.50. The smallest absolute Gasteiger partial charge is 0.269 e. The Labute approximate surface area is 201 Å². The lowest BCUT2D eigenvalue weighted by Gasteiger charge is -2.20. The van der Waals surface area contributed by atoms with E-state index in [0.29, 0.717) is 29.6 Å². The fraction of sp³-hybridized carbons (Fsp3) is 0.423. The normalized spacial score (nSPS) is 11.6. The van der Waals surface area contributed by atoms with Crippen molar-refractivity contribution in [1.82, 2.24) is 16.2 Å². The maximum absolute atomic E-state index is 12.9. The highest BCUT2D eigenvalue weighted by atomic mass is 16.5. The van der Waals surface area contributed by atoms with Crippen molar-refractivity contribution in [3.63, 3.8) is 0 Å². The van der Waals surface area contributed by atoms with Gasteiger partial charge >= 0.3 is 0 Å². The zero-order valence-electron chi connectivity index (χ0n) is 20.5. The van der Waals surface area contributed by atoms with E-state index in [1.165, 1.54) is 7.11 Å². The number of amides is 3. The Morgan fingerprint density at radius 2 is 1.59 bits per heavy atom. The van der Waals surface area contributed by atoms with Gasteiger partial charge in [0.05, 0.1) is 13.7 Å². The molecule has 0 aliphatic heterocycles. The second-order valence-corrected chi connectivity index (χ2v) is 8.85. The van der Waals surface area contributed by atoms with Gasteiger partial charge in [-0.2, -0.15) is 0 Å². The molecule has 0 saturated heterocycles. The number of benzene rings is 2. The first-order valence-corrected chi connectivity index (χ1v) is 11.5. The lowest BCUT2D eigenvalue weighted by atomic mass is 10.0. The van der Waals surface area contributed by atoms with Crippen LogP contribution in [0.4, 0.5) is 0 Å². The predicted octanol–water partition coefficient (Wildman–Crippen LogP) is 3.78. The van der Waals surface area contributed by atoms with Crippen molar-refractivity contribution in [3.05, 3.63) is 59.7 Å². The van der Waals surface area contributed by atoms with Crippen molar-refractivity contribution in [2.45, 2.75) is 46.6 Å². The number of rotatable bonds is 11. The third-order valence-electron chi connectivity index (χ3n) is 4.97. The summed E-state index contributed by atoms with van der Waals surface area (Å²) in [5, 5.41) is 2.74. The van der Waals surface area contributed by atoms with Crippen molar-refractivity contribution in [2.75, 3.05) is 13.7 Å². The van der Waals surface area contributed by atoms with Gasteiger partial charge in [-0.1, -0.05) is 58.0 Å². The molecular weight excluding hydrogens is 434 g/mol. The Bertz CT molecular complexity index is 960. The van der Waals surface area contributed by atoms with Gasteiger partial charge < -0.3 is 14.8 Å². The molecule has 1 unspecified atom stereocenters. The van der Waals surface area contributed by atoms with Crippen molar-refractivity contribution < 1.29 is 23.9 Å². The molecule has 8 heteroatoms. The number of hydrogen-bond acceptors (Lipinski definition) is 5. The van der Waals surface area contributed by atoms with Gasteiger partial charge in [-0.3, -0.25) is 25.2 Å². The number of hydrazine groups is 1. The van der Waals surface area contributed by atoms with Crippen LogP contribution in [-0.4, -0.2) is 31.4 Å². The van der Waals surface area contributed by atoms with Crippen molar-refractivity contribution >= 4 is 17.7 Å². The zero-order chi connectivity index (χ0) is 25.1. The Morgan fingerprint density at radius 3 is 2.21 bits per heavy atom. The first kappa shape index (κ1) is 26.7. The molecule has 2 aromatic carbocycles. The van der Waals surface area contributed by atoms with E-state index in [2.05, 4.69) is 30.0 Å². The minimum Gasteiger partial charge on any atom is -0.493 e. The van der Waals surface area contributed by atoms with Crippen LogP contribution in [0.3, 0.4) is 0 Å². The highest BCUT2D eigenvalue weighted by molar-refractivity contribution is 5.97. The third-order valence-corrected chi connectivity index (χ3v) is 4.97. The number of nitrogens with one attached hydrogen (secondary N) is 3. The van der Waals surface area contributed by atoms with Gasteiger partial charge in [-0.15, -0.1) is 0 Å². The Balaban J connectivity index is 2.05. The van der Waals surface area contributed by atoms with Crippen LogP contribution in [-0.2, 0) is 9.59 Å². The third kappa shape index (κ3) is 8.42. The van der Waals surface area contributed by atoms with E-state index in [1.54, 1.807) is 42.5 Å². The van der Waals surface area contributed by atoms with Crippen molar-refractivity contribution in [2.24, 2.45) is 11.8 Å². The van der Waals surface area contributed by atoms with Gasteiger partial charge in [-0.25, -0.2) is 0 Å². The van der Waals surface area contributed by atoms with Crippen LogP contribution in [0.15, 0.2) is 48.5 Å². The van der Waals surface area contributed by atoms with Gasteiger partial charge in [0, 0.05) is 12.0 Å². The number of methoxy groups -OCH3 is 1. The lowest BCUT2D eigenvalue weighted by molar-refractivity contribution is -0.130. The van der Waals surface area contributed by atoms with Crippen molar-refractivity contribution in [1.29, 1.82) is 0 Å². The van der Waals surface area contributed by atoms with E-state index in [9.17, 15) is 14.4 Å². The van der Waals surface area contributed by atoms with Crippen LogP contribution in [0.1, 0.15) is 62.5 Å². The minimum atomic E-state index is -0.945. The quantitative estimate of drug-likeness (QED) is 0.434. The van der Waals surface area contributed by atoms with E-state index in [4.69, 9.17) is 9.47 Å². The summed E-state index contributed by atoms with van der Waals surface area (Å²) >= 11 is 0. The molecule has 0 aromatic heterocycles. The summed E-state index contributed by atoms with van der Waals surface area (Å²) in [6, 6.07) is 12.7. The molecule has 0 heterocycles. The number of carbonyl (C=O) groups is 3. The summed E-state index contributed by atoms with van der Waals surface area (Å²) < 4.78 is 11.1. The van der Waals surface area contributed by atoms with Crippen LogP contribution in [0.25, 0.3) is 0 Å². The van der Waals surface area contributed by atoms with E-state index >= 15 is 0 Å². The summed E-state index contributed by atoms with van der Waals surface area (Å²) in [6.45, 7) is 8.61. The molecule has 34 heavy (non-hydrogen) atoms. The zero-order valence-corrected chi connectivity index (χ0v) is 20.5. The van der Waals surface area contributed by atoms with Gasteiger partial charge in [0.2, 0.25) is 5.91 Å². The average molecular weight is 470 g/mol. The van der Waals surface area contributed by atoms with Gasteiger partial charge in [0.25, 0.3) is 11.8 Å². The fourth-order valence-corrected chi connectivity index (χ4v) is 3.13. The van der Waals surface area contributed by atoms with Crippen LogP contribution in [0.5, 0.6) is 11.5 Å². The predicted molar refractivity (Wildman–Crippen MR) is 130 cm³/mol. The van der Waals surface area contributed by atoms with Crippen LogP contribution >= 0.6 is 0 Å². The Hall–Kier alpha value is -3.55. The minimum absolute atomic E-state index is 0.145. The second-order valence-electron chi connectivity index (χ2n) is 8.85. The van der Waals surface area contributed by atoms with Gasteiger partial charge in [0.15, 0.2) is 11.5 Å². The summed E-state index contributed by atoms with van der Waals surface area (Å²) in [6.07, 6.45) is 1.18. The molecule has 0 aliphatic carbocycles. The number of ether oxygens (including phenoxy) is 2. The fourth-order valence-electron chi connectivity index (χ4n) is 3.13. The molecule has 3 amide bonds. The van der Waals surface area contributed by atoms with Gasteiger partial charge in [0.1, 0.15) is 6.04 Å². The molecule has 0 radical (unpaired) electrons. The highest BCUT2D eigenvalue weighted by Gasteiger charge is 2.23. The topological polar surface area (TPSA) is 106 Å². The van der Waals surface area contributed by atoms with Gasteiger partial charge in [-0.05, 0) is 42.0 Å². The van der Waals surface area contributed by atoms with E-state index in [-0.39, 0.29) is 23.8 Å². The second kappa shape index (κ2) is 13.2. The molecule has 2 rings (SSSR count). The number of carbonyl (C=O) groups excluding carboxylic acids is 3. The SMILES string of the molecule is COc1cc(C(=O)NNC(=O)C(NC(=O)CC(C)C)c2ccccc2)ccc1OCCC(C)C. The molecule has 8 nitrogen and oxygen atoms in total. The molecule has 0 fully saturated rings. The molecule has 0 spiro atoms. The Morgan fingerprint density at radius 1 is 0.882 bits per heavy atom. The average Bonchev–Trinajstić information content (AvgIpc) is 2.80. The van der Waals surface area contributed by atoms with E-state index < -0.39 is 17.9 Å². The highest BCUT2D eigenvalue weighted by Crippen LogP contribution is 2.28. The largest absolute Gasteiger partial charge is 0.493 e. The number of hydrogen-bond donors (Lipinski definition) is 3. The van der Waals surface area contributed by atoms with Crippen LogP contribution in [0.2, 0.25) is 0 Å². The van der Waals surface area contributed by atoms with E-state index in [1.807, 2.05) is 19.9 Å². The standard InChI is InChI=1S/C26H35N3O5/c1-17(2)13-14-34-21-12-11-20(16-22(21)33-5)25(31)28-29-26(32)24(19-9-7-6-8-10-19)27-23(30)15-18(3)4/h6-12,16-18,24H,13-15H2,1-5H3,(H,27,30)(H,28,31)(H,29,32). The molecule has 0 saturated carbocycles. The summed E-state index contributed by atoms with van der Waals surface area (Å²) in [4.78, 5) is 37.8. The maximum atomic E-state index is 12.9. The Kier molecular flexibility index (Phi) is 10.4. The molecule has 2 aromatic rings. The molecule has 184 valence electrons. The molecule has 3 N–H and O–H groups in total.